The molecule has 1 N–H and O–H groups in total. The summed E-state index contributed by atoms with van der Waals surface area (Å²) >= 11 is 0. The monoisotopic (exact) mass is 399 g/mol. The summed E-state index contributed by atoms with van der Waals surface area (Å²) < 4.78 is 15.5. The molecule has 1 amide bonds. The lowest BCUT2D eigenvalue weighted by molar-refractivity contribution is -0.125. The van der Waals surface area contributed by atoms with E-state index in [0.717, 1.165) is 12.0 Å². The van der Waals surface area contributed by atoms with Crippen LogP contribution in [-0.2, 0) is 16.0 Å². The van der Waals surface area contributed by atoms with E-state index in [2.05, 4.69) is 24.4 Å². The van der Waals surface area contributed by atoms with Gasteiger partial charge in [0, 0.05) is 0 Å². The van der Waals surface area contributed by atoms with Gasteiger partial charge in [-0.25, -0.2) is 4.79 Å². The average Bonchev–Trinajstić information content (AvgIpc) is 2.75. The lowest BCUT2D eigenvalue weighted by atomic mass is 9.95. The van der Waals surface area contributed by atoms with Crippen LogP contribution in [0, 0.1) is 5.92 Å². The van der Waals surface area contributed by atoms with Gasteiger partial charge in [0.05, 0.1) is 25.8 Å². The average molecular weight is 399 g/mol. The topological polar surface area (TPSA) is 73.9 Å². The third-order valence-corrected chi connectivity index (χ3v) is 4.68. The zero-order valence-corrected chi connectivity index (χ0v) is 17.7. The van der Waals surface area contributed by atoms with Crippen molar-refractivity contribution in [3.05, 3.63) is 59.2 Å². The number of hydrogen-bond acceptors (Lipinski definition) is 5. The Morgan fingerprint density at radius 3 is 2.17 bits per heavy atom. The van der Waals surface area contributed by atoms with Gasteiger partial charge in [-0.15, -0.1) is 0 Å². The first-order valence-electron chi connectivity index (χ1n) is 9.66. The normalized spacial score (nSPS) is 11.7. The summed E-state index contributed by atoms with van der Waals surface area (Å²) in [5.41, 5.74) is 2.55. The largest absolute Gasteiger partial charge is 0.493 e. The summed E-state index contributed by atoms with van der Waals surface area (Å²) in [5.74, 6) is 0.164. The number of amides is 1. The van der Waals surface area contributed by atoms with Gasteiger partial charge in [-0.2, -0.15) is 0 Å². The summed E-state index contributed by atoms with van der Waals surface area (Å²) in [6.45, 7) is 5.82. The Kier molecular flexibility index (Phi) is 8.07. The molecule has 0 saturated carbocycles. The summed E-state index contributed by atoms with van der Waals surface area (Å²) in [4.78, 5) is 24.7. The second-order valence-corrected chi connectivity index (χ2v) is 7.03. The van der Waals surface area contributed by atoms with Crippen LogP contribution in [0.2, 0.25) is 0 Å². The number of rotatable bonds is 9. The third kappa shape index (κ3) is 5.98. The number of hydrogen-bond donors (Lipinski definition) is 1. The van der Waals surface area contributed by atoms with Crippen LogP contribution in [0.4, 0.5) is 0 Å². The van der Waals surface area contributed by atoms with Crippen molar-refractivity contribution < 1.29 is 23.8 Å². The van der Waals surface area contributed by atoms with E-state index in [9.17, 15) is 9.59 Å². The van der Waals surface area contributed by atoms with Gasteiger partial charge in [0.1, 0.15) is 0 Å². The van der Waals surface area contributed by atoms with Crippen molar-refractivity contribution >= 4 is 11.9 Å². The molecule has 0 radical (unpaired) electrons. The van der Waals surface area contributed by atoms with Crippen molar-refractivity contribution in [2.24, 2.45) is 5.92 Å². The van der Waals surface area contributed by atoms with Gasteiger partial charge < -0.3 is 19.5 Å². The Hall–Kier alpha value is -3.02. The highest BCUT2D eigenvalue weighted by Gasteiger charge is 2.20. The maximum absolute atomic E-state index is 12.4. The van der Waals surface area contributed by atoms with Gasteiger partial charge in [-0.05, 0) is 41.7 Å². The molecule has 156 valence electrons. The van der Waals surface area contributed by atoms with Gasteiger partial charge in [-0.1, -0.05) is 45.0 Å². The minimum Gasteiger partial charge on any atom is -0.493 e. The third-order valence-electron chi connectivity index (χ3n) is 4.68. The molecule has 29 heavy (non-hydrogen) atoms. The highest BCUT2D eigenvalue weighted by atomic mass is 16.5. The first-order valence-corrected chi connectivity index (χ1v) is 9.66. The van der Waals surface area contributed by atoms with E-state index in [1.807, 2.05) is 26.0 Å². The first kappa shape index (κ1) is 22.3. The van der Waals surface area contributed by atoms with Crippen molar-refractivity contribution in [3.63, 3.8) is 0 Å². The van der Waals surface area contributed by atoms with Crippen LogP contribution in [0.1, 0.15) is 48.3 Å². The van der Waals surface area contributed by atoms with Crippen molar-refractivity contribution in [3.8, 4) is 11.5 Å². The van der Waals surface area contributed by atoms with Gasteiger partial charge >= 0.3 is 5.97 Å². The van der Waals surface area contributed by atoms with Crippen molar-refractivity contribution in [1.29, 1.82) is 0 Å². The quantitative estimate of drug-likeness (QED) is 0.647. The molecular formula is C23H29NO5. The molecule has 6 heteroatoms. The van der Waals surface area contributed by atoms with E-state index in [1.165, 1.54) is 25.8 Å². The van der Waals surface area contributed by atoms with Crippen LogP contribution in [0.15, 0.2) is 42.5 Å². The molecule has 6 nitrogen and oxygen atoms in total. The molecule has 0 saturated heterocycles. The van der Waals surface area contributed by atoms with E-state index in [4.69, 9.17) is 14.2 Å². The Balaban J connectivity index is 1.98. The van der Waals surface area contributed by atoms with Crippen LogP contribution in [0.3, 0.4) is 0 Å². The number of carbonyl (C=O) groups is 2. The lowest BCUT2D eigenvalue weighted by Crippen LogP contribution is -2.35. The standard InChI is InChI=1S/C23H29NO5/c1-6-16-7-9-17(10-8-16)22(15(2)3)24-21(25)14-29-23(26)18-11-12-19(27-4)20(13-18)28-5/h7-13,15,22H,6,14H2,1-5H3,(H,24,25)/t22-/m0/s1. The fraction of sp³-hybridized carbons (Fsp3) is 0.391. The van der Waals surface area contributed by atoms with E-state index in [-0.39, 0.29) is 30.0 Å². The number of aryl methyl sites for hydroxylation is 1. The number of carbonyl (C=O) groups excluding carboxylic acids is 2. The molecule has 2 aromatic rings. The van der Waals surface area contributed by atoms with E-state index in [0.29, 0.717) is 11.5 Å². The molecule has 0 fully saturated rings. The number of esters is 1. The van der Waals surface area contributed by atoms with E-state index in [1.54, 1.807) is 12.1 Å². The molecule has 1 atom stereocenters. The zero-order chi connectivity index (χ0) is 21.4. The lowest BCUT2D eigenvalue weighted by Gasteiger charge is -2.23. The van der Waals surface area contributed by atoms with E-state index >= 15 is 0 Å². The van der Waals surface area contributed by atoms with Crippen LogP contribution >= 0.6 is 0 Å². The number of nitrogens with one attached hydrogen (secondary N) is 1. The summed E-state index contributed by atoms with van der Waals surface area (Å²) in [6, 6.07) is 12.7. The molecule has 0 aromatic heterocycles. The van der Waals surface area contributed by atoms with Crippen LogP contribution < -0.4 is 14.8 Å². The maximum atomic E-state index is 12.4. The minimum absolute atomic E-state index is 0.159. The van der Waals surface area contributed by atoms with Gasteiger partial charge in [0.25, 0.3) is 5.91 Å². The van der Waals surface area contributed by atoms with Crippen LogP contribution in [0.25, 0.3) is 0 Å². The summed E-state index contributed by atoms with van der Waals surface area (Å²) in [7, 11) is 3.00. The molecule has 0 aliphatic rings. The molecule has 2 rings (SSSR count). The van der Waals surface area contributed by atoms with Crippen molar-refractivity contribution in [2.45, 2.75) is 33.2 Å². The number of methoxy groups -OCH3 is 2. The van der Waals surface area contributed by atoms with Crippen LogP contribution in [0.5, 0.6) is 11.5 Å². The van der Waals surface area contributed by atoms with Crippen molar-refractivity contribution in [2.75, 3.05) is 20.8 Å². The molecule has 0 unspecified atom stereocenters. The van der Waals surface area contributed by atoms with E-state index < -0.39 is 5.97 Å². The molecule has 2 aromatic carbocycles. The predicted octanol–water partition coefficient (Wildman–Crippen LogP) is 3.94. The SMILES string of the molecule is CCc1ccc([C@@H](NC(=O)COC(=O)c2ccc(OC)c(OC)c2)C(C)C)cc1. The molecule has 0 spiro atoms. The first-order chi connectivity index (χ1) is 13.9. The Labute approximate surface area is 172 Å². The predicted molar refractivity (Wildman–Crippen MR) is 111 cm³/mol. The second-order valence-electron chi connectivity index (χ2n) is 7.03. The molecule has 0 heterocycles. The smallest absolute Gasteiger partial charge is 0.338 e. The molecule has 0 aliphatic carbocycles. The second kappa shape index (κ2) is 10.5. The minimum atomic E-state index is -0.602. The highest BCUT2D eigenvalue weighted by Crippen LogP contribution is 2.28. The molecule has 0 bridgehead atoms. The number of benzene rings is 2. The summed E-state index contributed by atoms with van der Waals surface area (Å²) in [6.07, 6.45) is 0.963. The maximum Gasteiger partial charge on any atom is 0.338 e. The Bertz CT molecular complexity index is 830. The molecular weight excluding hydrogens is 370 g/mol. The van der Waals surface area contributed by atoms with Crippen LogP contribution in [-0.4, -0.2) is 32.7 Å². The fourth-order valence-corrected chi connectivity index (χ4v) is 2.99. The Morgan fingerprint density at radius 1 is 0.966 bits per heavy atom. The van der Waals surface area contributed by atoms with Gasteiger partial charge in [0.15, 0.2) is 18.1 Å². The molecule has 0 aliphatic heterocycles. The number of ether oxygens (including phenoxy) is 3. The Morgan fingerprint density at radius 2 is 1.62 bits per heavy atom. The summed E-state index contributed by atoms with van der Waals surface area (Å²) in [5, 5.41) is 2.96. The van der Waals surface area contributed by atoms with Gasteiger partial charge in [-0.3, -0.25) is 4.79 Å². The zero-order valence-electron chi connectivity index (χ0n) is 17.7. The van der Waals surface area contributed by atoms with Crippen molar-refractivity contribution in [1.82, 2.24) is 5.32 Å². The fourth-order valence-electron chi connectivity index (χ4n) is 2.99. The highest BCUT2D eigenvalue weighted by molar-refractivity contribution is 5.92. The van der Waals surface area contributed by atoms with Gasteiger partial charge in [0.2, 0.25) is 0 Å².